The summed E-state index contributed by atoms with van der Waals surface area (Å²) in [4.78, 5) is 36.8. The molecule has 0 saturated heterocycles. The summed E-state index contributed by atoms with van der Waals surface area (Å²) in [5.41, 5.74) is 1.07. The zero-order chi connectivity index (χ0) is 28.7. The third kappa shape index (κ3) is 4.39. The summed E-state index contributed by atoms with van der Waals surface area (Å²) >= 11 is 0. The Labute approximate surface area is 227 Å². The number of furan rings is 2. The van der Waals surface area contributed by atoms with Crippen molar-refractivity contribution in [2.75, 3.05) is 14.2 Å². The summed E-state index contributed by atoms with van der Waals surface area (Å²) in [6.07, 6.45) is -1.04. The number of phenols is 1. The smallest absolute Gasteiger partial charge is 0.307 e. The average Bonchev–Trinajstić information content (AvgIpc) is 3.47. The molecule has 3 N–H and O–H groups in total. The van der Waals surface area contributed by atoms with Gasteiger partial charge >= 0.3 is 11.9 Å². The van der Waals surface area contributed by atoms with Crippen LogP contribution in [0.4, 0.5) is 0 Å². The Hall–Kier alpha value is -5.25. The number of rotatable bonds is 9. The van der Waals surface area contributed by atoms with Gasteiger partial charge in [-0.15, -0.1) is 0 Å². The van der Waals surface area contributed by atoms with Crippen LogP contribution in [0.25, 0.3) is 44.6 Å². The fourth-order valence-electron chi connectivity index (χ4n) is 4.92. The van der Waals surface area contributed by atoms with Crippen molar-refractivity contribution in [2.45, 2.75) is 19.8 Å². The van der Waals surface area contributed by atoms with Crippen LogP contribution < -0.4 is 9.47 Å². The van der Waals surface area contributed by atoms with E-state index in [1.165, 1.54) is 21.1 Å². The molecule has 0 radical (unpaired) electrons. The van der Waals surface area contributed by atoms with Crippen molar-refractivity contribution in [1.82, 2.24) is 0 Å². The molecule has 0 amide bonds. The van der Waals surface area contributed by atoms with Gasteiger partial charge in [-0.2, -0.15) is 0 Å². The Balaban J connectivity index is 1.94. The van der Waals surface area contributed by atoms with Crippen LogP contribution >= 0.6 is 0 Å². The Morgan fingerprint density at radius 1 is 0.700 bits per heavy atom. The number of fused-ring (bicyclic) bond motifs is 3. The van der Waals surface area contributed by atoms with E-state index in [1.54, 1.807) is 48.5 Å². The molecule has 10 nitrogen and oxygen atoms in total. The van der Waals surface area contributed by atoms with Gasteiger partial charge in [0, 0.05) is 22.3 Å². The van der Waals surface area contributed by atoms with E-state index in [0.29, 0.717) is 22.6 Å². The summed E-state index contributed by atoms with van der Waals surface area (Å²) in [7, 11) is 3.02. The Kier molecular flexibility index (Phi) is 6.68. The molecule has 5 rings (SSSR count). The molecule has 204 valence electrons. The van der Waals surface area contributed by atoms with E-state index in [9.17, 15) is 29.7 Å². The summed E-state index contributed by atoms with van der Waals surface area (Å²) in [6.45, 7) is 1.23. The number of benzene rings is 3. The van der Waals surface area contributed by atoms with Gasteiger partial charge in [-0.1, -0.05) is 0 Å². The molecule has 0 atom stereocenters. The van der Waals surface area contributed by atoms with E-state index in [2.05, 4.69) is 0 Å². The van der Waals surface area contributed by atoms with Crippen LogP contribution in [-0.4, -0.2) is 47.3 Å². The lowest BCUT2D eigenvalue weighted by atomic mass is 9.95. The summed E-state index contributed by atoms with van der Waals surface area (Å²) in [5.74, 6) is -2.00. The number of carbonyl (C=O) groups is 3. The Bertz CT molecular complexity index is 1790. The van der Waals surface area contributed by atoms with Gasteiger partial charge < -0.3 is 33.6 Å². The predicted molar refractivity (Wildman–Crippen MR) is 144 cm³/mol. The average molecular weight is 545 g/mol. The first-order valence-corrected chi connectivity index (χ1v) is 12.1. The minimum atomic E-state index is -1.20. The molecule has 10 heteroatoms. The first-order valence-electron chi connectivity index (χ1n) is 12.1. The highest BCUT2D eigenvalue weighted by atomic mass is 16.5. The van der Waals surface area contributed by atoms with Crippen LogP contribution in [0.15, 0.2) is 57.4 Å². The molecule has 3 aromatic carbocycles. The molecule has 0 fully saturated rings. The molecular formula is C30H24O10. The van der Waals surface area contributed by atoms with Gasteiger partial charge in [-0.05, 0) is 55.5 Å². The molecule has 2 aromatic heterocycles. The molecule has 0 aliphatic rings. The van der Waals surface area contributed by atoms with Crippen LogP contribution in [0.5, 0.6) is 17.2 Å². The number of carboxylic acid groups (broad SMARTS) is 2. The van der Waals surface area contributed by atoms with Gasteiger partial charge in [0.1, 0.15) is 39.9 Å². The standard InChI is InChI=1S/C30H24O10/c1-14(31)23-26(36)24-19(12-21(32)33)27(15-4-8-17(37-2)9-5-15)40-30(24)25-20(13-22(34)35)28(39-29(23)25)16-6-10-18(38-3)11-7-16/h4-11,36H,12-13H2,1-3H3,(H,32,33)(H,34,35). The van der Waals surface area contributed by atoms with E-state index < -0.39 is 36.3 Å². The second kappa shape index (κ2) is 10.1. The number of methoxy groups -OCH3 is 2. The predicted octanol–water partition coefficient (Wildman–Crippen LogP) is 5.69. The molecular weight excluding hydrogens is 520 g/mol. The number of hydrogen-bond acceptors (Lipinski definition) is 8. The molecule has 0 aliphatic heterocycles. The van der Waals surface area contributed by atoms with Crippen molar-refractivity contribution < 1.29 is 48.0 Å². The van der Waals surface area contributed by atoms with Crippen LogP contribution in [0, 0.1) is 0 Å². The summed E-state index contributed by atoms with van der Waals surface area (Å²) < 4.78 is 22.8. The number of hydrogen-bond donors (Lipinski definition) is 3. The van der Waals surface area contributed by atoms with Crippen molar-refractivity contribution in [1.29, 1.82) is 0 Å². The quantitative estimate of drug-likeness (QED) is 0.197. The lowest BCUT2D eigenvalue weighted by Gasteiger charge is -2.06. The van der Waals surface area contributed by atoms with Crippen molar-refractivity contribution in [2.24, 2.45) is 0 Å². The van der Waals surface area contributed by atoms with Crippen molar-refractivity contribution >= 4 is 39.7 Å². The second-order valence-corrected chi connectivity index (χ2v) is 9.11. The summed E-state index contributed by atoms with van der Waals surface area (Å²) in [5, 5.41) is 31.1. The topological polar surface area (TPSA) is 157 Å². The fraction of sp³-hybridized carbons (Fsp3) is 0.167. The van der Waals surface area contributed by atoms with E-state index in [1.807, 2.05) is 0 Å². The monoisotopic (exact) mass is 544 g/mol. The molecule has 0 aliphatic carbocycles. The highest BCUT2D eigenvalue weighted by Gasteiger charge is 2.32. The van der Waals surface area contributed by atoms with E-state index in [-0.39, 0.29) is 50.1 Å². The minimum absolute atomic E-state index is 0.000335. The Morgan fingerprint density at radius 2 is 1.12 bits per heavy atom. The van der Waals surface area contributed by atoms with E-state index in [4.69, 9.17) is 18.3 Å². The third-order valence-electron chi connectivity index (χ3n) is 6.65. The van der Waals surface area contributed by atoms with Crippen LogP contribution in [-0.2, 0) is 22.4 Å². The van der Waals surface area contributed by atoms with Gasteiger partial charge in [-0.3, -0.25) is 14.4 Å². The SMILES string of the molecule is COc1ccc(-c2oc3c(c(O)c(C(C)=O)c4oc(-c5ccc(OC)cc5)c(CC(=O)O)c43)c2CC(=O)O)cc1. The maximum absolute atomic E-state index is 12.9. The van der Waals surface area contributed by atoms with Crippen molar-refractivity contribution in [3.8, 4) is 39.9 Å². The zero-order valence-electron chi connectivity index (χ0n) is 21.7. The lowest BCUT2D eigenvalue weighted by molar-refractivity contribution is -0.137. The van der Waals surface area contributed by atoms with E-state index in [0.717, 1.165) is 0 Å². The zero-order valence-corrected chi connectivity index (χ0v) is 21.7. The number of aromatic hydroxyl groups is 1. The summed E-state index contributed by atoms with van der Waals surface area (Å²) in [6, 6.07) is 13.4. The highest BCUT2D eigenvalue weighted by Crippen LogP contribution is 2.49. The molecule has 0 unspecified atom stereocenters. The fourth-order valence-corrected chi connectivity index (χ4v) is 4.92. The number of aliphatic carboxylic acids is 2. The van der Waals surface area contributed by atoms with Gasteiger partial charge in [0.25, 0.3) is 0 Å². The highest BCUT2D eigenvalue weighted by molar-refractivity contribution is 6.21. The normalized spacial score (nSPS) is 11.2. The molecule has 40 heavy (non-hydrogen) atoms. The molecule has 0 bridgehead atoms. The van der Waals surface area contributed by atoms with Crippen molar-refractivity contribution in [3.05, 3.63) is 65.2 Å². The third-order valence-corrected chi connectivity index (χ3v) is 6.65. The van der Waals surface area contributed by atoms with Gasteiger partial charge in [0.15, 0.2) is 11.4 Å². The lowest BCUT2D eigenvalue weighted by Crippen LogP contribution is -2.02. The molecule has 0 saturated carbocycles. The Morgan fingerprint density at radius 3 is 1.52 bits per heavy atom. The first-order chi connectivity index (χ1) is 19.1. The number of carbonyl (C=O) groups excluding carboxylic acids is 1. The van der Waals surface area contributed by atoms with Gasteiger partial charge in [-0.25, -0.2) is 0 Å². The number of Topliss-reactive ketones (excluding diaryl/α,β-unsaturated/α-hetero) is 1. The number of ether oxygens (including phenoxy) is 2. The maximum Gasteiger partial charge on any atom is 0.307 e. The van der Waals surface area contributed by atoms with E-state index >= 15 is 0 Å². The number of phenolic OH excluding ortho intramolecular Hbond substituents is 1. The maximum atomic E-state index is 12.9. The second-order valence-electron chi connectivity index (χ2n) is 9.11. The van der Waals surface area contributed by atoms with Gasteiger partial charge in [0.05, 0.1) is 37.8 Å². The minimum Gasteiger partial charge on any atom is -0.506 e. The van der Waals surface area contributed by atoms with Gasteiger partial charge in [0.2, 0.25) is 0 Å². The first kappa shape index (κ1) is 26.4. The molecule has 2 heterocycles. The molecule has 0 spiro atoms. The number of ketones is 1. The largest absolute Gasteiger partial charge is 0.506 e. The van der Waals surface area contributed by atoms with Crippen LogP contribution in [0.3, 0.4) is 0 Å². The number of carboxylic acids is 2. The van der Waals surface area contributed by atoms with Crippen molar-refractivity contribution in [3.63, 3.8) is 0 Å². The van der Waals surface area contributed by atoms with Crippen LogP contribution in [0.1, 0.15) is 28.4 Å². The molecule has 5 aromatic rings. The van der Waals surface area contributed by atoms with Crippen LogP contribution in [0.2, 0.25) is 0 Å².